The van der Waals surface area contributed by atoms with Crippen LogP contribution in [0.3, 0.4) is 0 Å². The second-order valence-electron chi connectivity index (χ2n) is 4.11. The molecule has 0 aliphatic rings. The molecule has 2 amide bonds. The summed E-state index contributed by atoms with van der Waals surface area (Å²) in [6.45, 7) is 4.83. The van der Waals surface area contributed by atoms with E-state index in [1.165, 1.54) is 13.2 Å². The smallest absolute Gasteiger partial charge is 0.255 e. The van der Waals surface area contributed by atoms with E-state index < -0.39 is 5.91 Å². The SMILES string of the molecule is CCN(CC)C(=O)CNC(=O)c1cccc(OC)c1O. The number of rotatable bonds is 6. The molecule has 0 saturated heterocycles. The van der Waals surface area contributed by atoms with Crippen molar-refractivity contribution in [2.75, 3.05) is 26.7 Å². The Balaban J connectivity index is 2.71. The van der Waals surface area contributed by atoms with Gasteiger partial charge in [-0.1, -0.05) is 6.07 Å². The number of carbonyl (C=O) groups is 2. The van der Waals surface area contributed by atoms with E-state index in [0.717, 1.165) is 0 Å². The molecule has 1 aromatic rings. The number of ether oxygens (including phenoxy) is 1. The van der Waals surface area contributed by atoms with E-state index in [1.54, 1.807) is 17.0 Å². The maximum atomic E-state index is 11.9. The Hall–Kier alpha value is -2.24. The summed E-state index contributed by atoms with van der Waals surface area (Å²) in [7, 11) is 1.40. The molecular formula is C14H20N2O4. The third-order valence-corrected chi connectivity index (χ3v) is 2.98. The molecule has 2 N–H and O–H groups in total. The number of phenols is 1. The minimum absolute atomic E-state index is 0.0803. The number of nitrogens with one attached hydrogen (secondary N) is 1. The summed E-state index contributed by atoms with van der Waals surface area (Å²) in [6, 6.07) is 4.61. The Morgan fingerprint density at radius 3 is 2.50 bits per heavy atom. The Bertz CT molecular complexity index is 484. The van der Waals surface area contributed by atoms with Crippen LogP contribution in [-0.4, -0.2) is 48.6 Å². The number of likely N-dealkylation sites (N-methyl/N-ethyl adjacent to an activating group) is 1. The molecule has 0 fully saturated rings. The number of hydrogen-bond donors (Lipinski definition) is 2. The second kappa shape index (κ2) is 7.37. The van der Waals surface area contributed by atoms with Crippen molar-refractivity contribution >= 4 is 11.8 Å². The van der Waals surface area contributed by atoms with Gasteiger partial charge in [0.15, 0.2) is 11.5 Å². The molecule has 0 unspecified atom stereocenters. The molecule has 0 saturated carbocycles. The minimum atomic E-state index is -0.512. The fraction of sp³-hybridized carbons (Fsp3) is 0.429. The van der Waals surface area contributed by atoms with Gasteiger partial charge in [0.1, 0.15) is 0 Å². The van der Waals surface area contributed by atoms with Gasteiger partial charge in [-0.15, -0.1) is 0 Å². The molecule has 20 heavy (non-hydrogen) atoms. The molecule has 0 spiro atoms. The first-order valence-corrected chi connectivity index (χ1v) is 6.47. The van der Waals surface area contributed by atoms with Crippen molar-refractivity contribution in [1.82, 2.24) is 10.2 Å². The first kappa shape index (κ1) is 15.8. The fourth-order valence-corrected chi connectivity index (χ4v) is 1.81. The topological polar surface area (TPSA) is 78.9 Å². The van der Waals surface area contributed by atoms with Crippen molar-refractivity contribution in [3.63, 3.8) is 0 Å². The van der Waals surface area contributed by atoms with Crippen molar-refractivity contribution in [1.29, 1.82) is 0 Å². The quantitative estimate of drug-likeness (QED) is 0.814. The maximum Gasteiger partial charge on any atom is 0.255 e. The number of methoxy groups -OCH3 is 1. The molecule has 1 rings (SSSR count). The van der Waals surface area contributed by atoms with Crippen LogP contribution in [0.25, 0.3) is 0 Å². The van der Waals surface area contributed by atoms with E-state index >= 15 is 0 Å². The van der Waals surface area contributed by atoms with Crippen molar-refractivity contribution < 1.29 is 19.4 Å². The number of nitrogens with zero attached hydrogens (tertiary/aromatic N) is 1. The summed E-state index contributed by atoms with van der Waals surface area (Å²) in [5.74, 6) is -0.692. The summed E-state index contributed by atoms with van der Waals surface area (Å²) in [4.78, 5) is 25.3. The predicted octanol–water partition coefficient (Wildman–Crippen LogP) is 0.999. The molecule has 1 aromatic carbocycles. The molecule has 0 atom stereocenters. The highest BCUT2D eigenvalue weighted by Crippen LogP contribution is 2.28. The molecule has 0 bridgehead atoms. The highest BCUT2D eigenvalue weighted by Gasteiger charge is 2.16. The summed E-state index contributed by atoms with van der Waals surface area (Å²) < 4.78 is 4.93. The van der Waals surface area contributed by atoms with E-state index in [0.29, 0.717) is 13.1 Å². The van der Waals surface area contributed by atoms with Gasteiger partial charge in [-0.05, 0) is 26.0 Å². The van der Waals surface area contributed by atoms with Gasteiger partial charge in [0.25, 0.3) is 5.91 Å². The lowest BCUT2D eigenvalue weighted by molar-refractivity contribution is -0.129. The zero-order chi connectivity index (χ0) is 15.1. The van der Waals surface area contributed by atoms with Gasteiger partial charge in [-0.2, -0.15) is 0 Å². The number of benzene rings is 1. The lowest BCUT2D eigenvalue weighted by Crippen LogP contribution is -2.40. The number of para-hydroxylation sites is 1. The van der Waals surface area contributed by atoms with E-state index in [4.69, 9.17) is 4.74 Å². The first-order chi connectivity index (χ1) is 9.54. The first-order valence-electron chi connectivity index (χ1n) is 6.47. The molecule has 6 heteroatoms. The van der Waals surface area contributed by atoms with Gasteiger partial charge < -0.3 is 20.1 Å². The summed E-state index contributed by atoms with van der Waals surface area (Å²) in [6.07, 6.45) is 0. The van der Waals surface area contributed by atoms with Crippen molar-refractivity contribution in [3.05, 3.63) is 23.8 Å². The van der Waals surface area contributed by atoms with Crippen molar-refractivity contribution in [3.8, 4) is 11.5 Å². The summed E-state index contributed by atoms with van der Waals surface area (Å²) >= 11 is 0. The second-order valence-corrected chi connectivity index (χ2v) is 4.11. The van der Waals surface area contributed by atoms with Crippen LogP contribution < -0.4 is 10.1 Å². The molecule has 0 radical (unpaired) electrons. The molecule has 0 aliphatic heterocycles. The normalized spacial score (nSPS) is 9.95. The highest BCUT2D eigenvalue weighted by atomic mass is 16.5. The molecule has 6 nitrogen and oxygen atoms in total. The Morgan fingerprint density at radius 1 is 1.30 bits per heavy atom. The van der Waals surface area contributed by atoms with Crippen LogP contribution in [-0.2, 0) is 4.79 Å². The van der Waals surface area contributed by atoms with Crippen LogP contribution >= 0.6 is 0 Å². The number of hydrogen-bond acceptors (Lipinski definition) is 4. The molecule has 110 valence electrons. The zero-order valence-electron chi connectivity index (χ0n) is 12.0. The molecule has 0 heterocycles. The molecule has 0 aromatic heterocycles. The minimum Gasteiger partial charge on any atom is -0.504 e. The summed E-state index contributed by atoms with van der Waals surface area (Å²) in [5.41, 5.74) is 0.0803. The Labute approximate surface area is 118 Å². The highest BCUT2D eigenvalue weighted by molar-refractivity contribution is 5.99. The van der Waals surface area contributed by atoms with Crippen LogP contribution in [0.4, 0.5) is 0 Å². The van der Waals surface area contributed by atoms with E-state index in [9.17, 15) is 14.7 Å². The lowest BCUT2D eigenvalue weighted by Gasteiger charge is -2.18. The average Bonchev–Trinajstić information content (AvgIpc) is 2.46. The van der Waals surface area contributed by atoms with E-state index in [2.05, 4.69) is 5.32 Å². The van der Waals surface area contributed by atoms with Gasteiger partial charge in [0.2, 0.25) is 5.91 Å². The zero-order valence-corrected chi connectivity index (χ0v) is 12.0. The standard InChI is InChI=1S/C14H20N2O4/c1-4-16(5-2)12(17)9-15-14(19)10-7-6-8-11(20-3)13(10)18/h6-8,18H,4-5,9H2,1-3H3,(H,15,19). The van der Waals surface area contributed by atoms with Gasteiger partial charge in [-0.25, -0.2) is 0 Å². The number of amides is 2. The van der Waals surface area contributed by atoms with Crippen LogP contribution in [0.5, 0.6) is 11.5 Å². The number of aromatic hydroxyl groups is 1. The van der Waals surface area contributed by atoms with Gasteiger partial charge >= 0.3 is 0 Å². The van der Waals surface area contributed by atoms with Crippen molar-refractivity contribution in [2.24, 2.45) is 0 Å². The third kappa shape index (κ3) is 3.63. The van der Waals surface area contributed by atoms with Crippen LogP contribution in [0.15, 0.2) is 18.2 Å². The van der Waals surface area contributed by atoms with Crippen LogP contribution in [0.1, 0.15) is 24.2 Å². The van der Waals surface area contributed by atoms with Crippen molar-refractivity contribution in [2.45, 2.75) is 13.8 Å². The predicted molar refractivity (Wildman–Crippen MR) is 74.9 cm³/mol. The van der Waals surface area contributed by atoms with Crippen LogP contribution in [0.2, 0.25) is 0 Å². The van der Waals surface area contributed by atoms with Gasteiger partial charge in [0.05, 0.1) is 19.2 Å². The van der Waals surface area contributed by atoms with E-state index in [-0.39, 0.29) is 29.5 Å². The van der Waals surface area contributed by atoms with E-state index in [1.807, 2.05) is 13.8 Å². The Kier molecular flexibility index (Phi) is 5.83. The average molecular weight is 280 g/mol. The number of phenolic OH excluding ortho intramolecular Hbond substituents is 1. The lowest BCUT2D eigenvalue weighted by atomic mass is 10.1. The third-order valence-electron chi connectivity index (χ3n) is 2.98. The Morgan fingerprint density at radius 2 is 1.95 bits per heavy atom. The molecule has 0 aliphatic carbocycles. The largest absolute Gasteiger partial charge is 0.504 e. The maximum absolute atomic E-state index is 11.9. The van der Waals surface area contributed by atoms with Crippen LogP contribution in [0, 0.1) is 0 Å². The summed E-state index contributed by atoms with van der Waals surface area (Å²) in [5, 5.41) is 12.3. The number of carbonyl (C=O) groups excluding carboxylic acids is 2. The van der Waals surface area contributed by atoms with Gasteiger partial charge in [0, 0.05) is 13.1 Å². The monoisotopic (exact) mass is 280 g/mol. The fourth-order valence-electron chi connectivity index (χ4n) is 1.81. The molecular weight excluding hydrogens is 260 g/mol. The van der Waals surface area contributed by atoms with Gasteiger partial charge in [-0.3, -0.25) is 9.59 Å².